The predicted molar refractivity (Wildman–Crippen MR) is 60.6 cm³/mol. The molecule has 1 atom stereocenters. The summed E-state index contributed by atoms with van der Waals surface area (Å²) in [5, 5.41) is 0.482. The van der Waals surface area contributed by atoms with Crippen LogP contribution in [0.2, 0.25) is 0 Å². The lowest BCUT2D eigenvalue weighted by atomic mass is 10.2. The SMILES string of the molecule is CCn1c(=S)[nH]c2c(c1=O)SC(C)C2. The third-order valence-corrected chi connectivity index (χ3v) is 3.89. The third kappa shape index (κ3) is 1.44. The number of rotatable bonds is 1. The fraction of sp³-hybridized carbons (Fsp3) is 0.556. The van der Waals surface area contributed by atoms with E-state index in [0.717, 1.165) is 17.0 Å². The van der Waals surface area contributed by atoms with Crippen molar-refractivity contribution in [2.24, 2.45) is 0 Å². The summed E-state index contributed by atoms with van der Waals surface area (Å²) in [4.78, 5) is 15.9. The van der Waals surface area contributed by atoms with E-state index in [1.54, 1.807) is 16.3 Å². The van der Waals surface area contributed by atoms with E-state index in [0.29, 0.717) is 16.6 Å². The van der Waals surface area contributed by atoms with E-state index in [9.17, 15) is 4.79 Å². The maximum Gasteiger partial charge on any atom is 0.268 e. The highest BCUT2D eigenvalue weighted by atomic mass is 32.2. The second-order valence-corrected chi connectivity index (χ2v) is 5.26. The molecule has 2 heterocycles. The number of H-pyrrole nitrogens is 1. The van der Waals surface area contributed by atoms with E-state index in [1.807, 2.05) is 6.92 Å². The second kappa shape index (κ2) is 3.55. The molecule has 0 radical (unpaired) electrons. The van der Waals surface area contributed by atoms with Crippen molar-refractivity contribution in [2.75, 3.05) is 0 Å². The minimum atomic E-state index is 0.0700. The van der Waals surface area contributed by atoms with Crippen LogP contribution >= 0.6 is 24.0 Å². The molecular formula is C9H12N2OS2. The van der Waals surface area contributed by atoms with Crippen LogP contribution in [-0.2, 0) is 13.0 Å². The lowest BCUT2D eigenvalue weighted by molar-refractivity contribution is 0.664. The van der Waals surface area contributed by atoms with Gasteiger partial charge in [0.05, 0.1) is 4.90 Å². The van der Waals surface area contributed by atoms with Gasteiger partial charge in [0, 0.05) is 23.9 Å². The number of aromatic nitrogens is 2. The molecule has 0 spiro atoms. The zero-order valence-electron chi connectivity index (χ0n) is 8.16. The molecule has 0 bridgehead atoms. The number of aromatic amines is 1. The smallest absolute Gasteiger partial charge is 0.268 e. The molecular weight excluding hydrogens is 216 g/mol. The Kier molecular flexibility index (Phi) is 2.53. The predicted octanol–water partition coefficient (Wildman–Crippen LogP) is 1.96. The van der Waals surface area contributed by atoms with Gasteiger partial charge in [-0.1, -0.05) is 6.92 Å². The molecule has 14 heavy (non-hydrogen) atoms. The number of nitrogens with zero attached hydrogens (tertiary/aromatic N) is 1. The molecule has 3 nitrogen and oxygen atoms in total. The Morgan fingerprint density at radius 1 is 1.71 bits per heavy atom. The molecule has 1 aliphatic heterocycles. The third-order valence-electron chi connectivity index (χ3n) is 2.34. The molecule has 0 saturated heterocycles. The minimum absolute atomic E-state index is 0.0700. The van der Waals surface area contributed by atoms with Crippen molar-refractivity contribution in [1.29, 1.82) is 0 Å². The molecule has 0 fully saturated rings. The molecule has 0 saturated carbocycles. The van der Waals surface area contributed by atoms with Gasteiger partial charge in [-0.25, -0.2) is 0 Å². The average Bonchev–Trinajstić information content (AvgIpc) is 2.47. The maximum absolute atomic E-state index is 11.9. The van der Waals surface area contributed by atoms with Crippen LogP contribution in [0, 0.1) is 4.77 Å². The summed E-state index contributed by atoms with van der Waals surface area (Å²) < 4.78 is 2.16. The molecule has 1 N–H and O–H groups in total. The Balaban J connectivity index is 2.69. The highest BCUT2D eigenvalue weighted by molar-refractivity contribution is 8.00. The van der Waals surface area contributed by atoms with Crippen molar-refractivity contribution in [3.05, 3.63) is 20.8 Å². The van der Waals surface area contributed by atoms with Gasteiger partial charge >= 0.3 is 0 Å². The van der Waals surface area contributed by atoms with Gasteiger partial charge < -0.3 is 4.98 Å². The summed E-state index contributed by atoms with van der Waals surface area (Å²) >= 11 is 6.76. The quantitative estimate of drug-likeness (QED) is 0.747. The van der Waals surface area contributed by atoms with Gasteiger partial charge in [0.25, 0.3) is 5.56 Å². The zero-order valence-corrected chi connectivity index (χ0v) is 9.80. The van der Waals surface area contributed by atoms with E-state index < -0.39 is 0 Å². The average molecular weight is 228 g/mol. The lowest BCUT2D eigenvalue weighted by Gasteiger charge is -2.04. The van der Waals surface area contributed by atoms with Crippen LogP contribution in [-0.4, -0.2) is 14.8 Å². The van der Waals surface area contributed by atoms with E-state index in [-0.39, 0.29) is 5.56 Å². The van der Waals surface area contributed by atoms with Crippen molar-refractivity contribution >= 4 is 24.0 Å². The van der Waals surface area contributed by atoms with E-state index in [2.05, 4.69) is 11.9 Å². The summed E-state index contributed by atoms with van der Waals surface area (Å²) in [7, 11) is 0. The highest BCUT2D eigenvalue weighted by Gasteiger charge is 2.23. The second-order valence-electron chi connectivity index (χ2n) is 3.42. The summed E-state index contributed by atoms with van der Waals surface area (Å²) in [5.41, 5.74) is 1.09. The first-order valence-corrected chi connectivity index (χ1v) is 5.95. The van der Waals surface area contributed by atoms with Crippen molar-refractivity contribution < 1.29 is 0 Å². The molecule has 0 amide bonds. The largest absolute Gasteiger partial charge is 0.335 e. The molecule has 1 aromatic heterocycles. The number of thioether (sulfide) groups is 1. The van der Waals surface area contributed by atoms with Crippen molar-refractivity contribution in [3.8, 4) is 0 Å². The van der Waals surface area contributed by atoms with Crippen LogP contribution in [0.4, 0.5) is 0 Å². The van der Waals surface area contributed by atoms with Crippen LogP contribution in [0.25, 0.3) is 0 Å². The molecule has 0 aliphatic carbocycles. The monoisotopic (exact) mass is 228 g/mol. The van der Waals surface area contributed by atoms with Gasteiger partial charge in [0.1, 0.15) is 0 Å². The first-order valence-electron chi connectivity index (χ1n) is 4.66. The van der Waals surface area contributed by atoms with Gasteiger partial charge in [0.2, 0.25) is 0 Å². The standard InChI is InChI=1S/C9H12N2OS2/c1-3-11-8(12)7-6(10-9(11)13)4-5(2)14-7/h5H,3-4H2,1-2H3,(H,10,13). The maximum atomic E-state index is 11.9. The molecule has 0 aromatic carbocycles. The molecule has 1 aromatic rings. The zero-order chi connectivity index (χ0) is 10.3. The molecule has 1 aliphatic rings. The van der Waals surface area contributed by atoms with Gasteiger partial charge in [-0.2, -0.15) is 0 Å². The van der Waals surface area contributed by atoms with E-state index in [4.69, 9.17) is 12.2 Å². The van der Waals surface area contributed by atoms with E-state index in [1.165, 1.54) is 0 Å². The first-order chi connectivity index (χ1) is 6.63. The molecule has 2 rings (SSSR count). The normalized spacial score (nSPS) is 19.7. The number of fused-ring (bicyclic) bond motifs is 1. The fourth-order valence-electron chi connectivity index (χ4n) is 1.68. The van der Waals surface area contributed by atoms with Gasteiger partial charge in [-0.15, -0.1) is 11.8 Å². The summed E-state index contributed by atoms with van der Waals surface area (Å²) in [6.45, 7) is 4.69. The molecule has 5 heteroatoms. The summed E-state index contributed by atoms with van der Waals surface area (Å²) in [6, 6.07) is 0. The minimum Gasteiger partial charge on any atom is -0.335 e. The van der Waals surface area contributed by atoms with Crippen LogP contribution in [0.3, 0.4) is 0 Å². The number of hydrogen-bond donors (Lipinski definition) is 1. The summed E-state index contributed by atoms with van der Waals surface area (Å²) in [5.74, 6) is 0. The van der Waals surface area contributed by atoms with Gasteiger partial charge in [0.15, 0.2) is 4.77 Å². The van der Waals surface area contributed by atoms with Crippen molar-refractivity contribution in [2.45, 2.75) is 37.0 Å². The van der Waals surface area contributed by atoms with Crippen LogP contribution < -0.4 is 5.56 Å². The highest BCUT2D eigenvalue weighted by Crippen LogP contribution is 2.32. The number of nitrogens with one attached hydrogen (secondary N) is 1. The van der Waals surface area contributed by atoms with Gasteiger partial charge in [-0.05, 0) is 19.1 Å². The van der Waals surface area contributed by atoms with Crippen LogP contribution in [0.15, 0.2) is 9.69 Å². The summed E-state index contributed by atoms with van der Waals surface area (Å²) in [6.07, 6.45) is 0.920. The van der Waals surface area contributed by atoms with Crippen molar-refractivity contribution in [3.63, 3.8) is 0 Å². The first kappa shape index (κ1) is 9.98. The van der Waals surface area contributed by atoms with Gasteiger partial charge in [-0.3, -0.25) is 9.36 Å². The Bertz CT molecular complexity index is 475. The Labute approximate surface area is 91.5 Å². The van der Waals surface area contributed by atoms with Crippen LogP contribution in [0.5, 0.6) is 0 Å². The van der Waals surface area contributed by atoms with Crippen LogP contribution in [0.1, 0.15) is 19.5 Å². The Morgan fingerprint density at radius 2 is 2.43 bits per heavy atom. The Morgan fingerprint density at radius 3 is 3.07 bits per heavy atom. The Hall–Kier alpha value is -0.550. The van der Waals surface area contributed by atoms with E-state index >= 15 is 0 Å². The van der Waals surface area contributed by atoms with Crippen molar-refractivity contribution in [1.82, 2.24) is 9.55 Å². The lowest BCUT2D eigenvalue weighted by Crippen LogP contribution is -2.23. The molecule has 76 valence electrons. The molecule has 1 unspecified atom stereocenters. The fourth-order valence-corrected chi connectivity index (χ4v) is 3.16. The number of hydrogen-bond acceptors (Lipinski definition) is 3. The topological polar surface area (TPSA) is 37.8 Å².